The van der Waals surface area contributed by atoms with E-state index in [-0.39, 0.29) is 15.2 Å². The molecule has 80 valence electrons. The van der Waals surface area contributed by atoms with Gasteiger partial charge in [-0.2, -0.15) is 0 Å². The van der Waals surface area contributed by atoms with Gasteiger partial charge in [-0.15, -0.1) is 0 Å². The van der Waals surface area contributed by atoms with Gasteiger partial charge in [0.2, 0.25) is 0 Å². The molecule has 4 nitrogen and oxygen atoms in total. The van der Waals surface area contributed by atoms with Crippen LogP contribution in [0, 0.1) is 5.82 Å². The van der Waals surface area contributed by atoms with Crippen LogP contribution in [0.4, 0.5) is 10.1 Å². The molecule has 1 aromatic rings. The maximum Gasteiger partial charge on any atom is 0.394 e. The highest BCUT2D eigenvalue weighted by Gasteiger charge is 2.16. The molecule has 0 radical (unpaired) electrons. The van der Waals surface area contributed by atoms with Gasteiger partial charge >= 0.3 is 11.9 Å². The number of amides is 1. The molecule has 0 spiro atoms. The van der Waals surface area contributed by atoms with Crippen LogP contribution in [-0.2, 0) is 9.59 Å². The molecular weight excluding hydrogens is 292 g/mol. The van der Waals surface area contributed by atoms with Gasteiger partial charge in [-0.1, -0.05) is 11.6 Å². The molecule has 0 aromatic heterocycles. The van der Waals surface area contributed by atoms with Crippen LogP contribution in [0.2, 0.25) is 5.02 Å². The van der Waals surface area contributed by atoms with E-state index >= 15 is 0 Å². The third kappa shape index (κ3) is 2.90. The molecule has 1 rings (SSSR count). The molecule has 0 aliphatic rings. The fourth-order valence-corrected chi connectivity index (χ4v) is 1.73. The highest BCUT2D eigenvalue weighted by atomic mass is 79.9. The van der Waals surface area contributed by atoms with Gasteiger partial charge in [-0.25, -0.2) is 9.18 Å². The maximum atomic E-state index is 12.8. The predicted octanol–water partition coefficient (Wildman–Crippen LogP) is 2.26. The van der Waals surface area contributed by atoms with Gasteiger partial charge in [0.1, 0.15) is 5.82 Å². The van der Waals surface area contributed by atoms with E-state index in [9.17, 15) is 14.0 Å². The van der Waals surface area contributed by atoms with Crippen LogP contribution in [-0.4, -0.2) is 17.0 Å². The van der Waals surface area contributed by atoms with Crippen LogP contribution in [0.3, 0.4) is 0 Å². The number of carboxylic acids is 1. The zero-order valence-corrected chi connectivity index (χ0v) is 9.39. The second-order valence-electron chi connectivity index (χ2n) is 2.50. The molecule has 2 N–H and O–H groups in total. The summed E-state index contributed by atoms with van der Waals surface area (Å²) < 4.78 is 12.9. The van der Waals surface area contributed by atoms with E-state index in [1.54, 1.807) is 0 Å². The SMILES string of the molecule is O=C(O)C(=O)Nc1c(Cl)cc(F)cc1Br. The Balaban J connectivity index is 3.05. The van der Waals surface area contributed by atoms with Crippen molar-refractivity contribution < 1.29 is 19.1 Å². The molecule has 0 atom stereocenters. The van der Waals surface area contributed by atoms with Gasteiger partial charge in [-0.05, 0) is 28.1 Å². The second kappa shape index (κ2) is 4.59. The first-order chi connectivity index (χ1) is 6.91. The lowest BCUT2D eigenvalue weighted by molar-refractivity contribution is -0.147. The molecule has 7 heteroatoms. The lowest BCUT2D eigenvalue weighted by Crippen LogP contribution is -2.22. The number of carbonyl (C=O) groups is 2. The average molecular weight is 296 g/mol. The monoisotopic (exact) mass is 295 g/mol. The molecule has 0 saturated heterocycles. The van der Waals surface area contributed by atoms with Crippen molar-refractivity contribution in [3.8, 4) is 0 Å². The summed E-state index contributed by atoms with van der Waals surface area (Å²) in [5.74, 6) is -3.49. The van der Waals surface area contributed by atoms with Crippen molar-refractivity contribution >= 4 is 45.1 Å². The number of hydrogen-bond donors (Lipinski definition) is 2. The Kier molecular flexibility index (Phi) is 3.65. The summed E-state index contributed by atoms with van der Waals surface area (Å²) >= 11 is 8.55. The zero-order chi connectivity index (χ0) is 11.6. The van der Waals surface area contributed by atoms with Crippen molar-refractivity contribution in [2.24, 2.45) is 0 Å². The van der Waals surface area contributed by atoms with Gasteiger partial charge in [0.05, 0.1) is 10.7 Å². The largest absolute Gasteiger partial charge is 0.474 e. The molecule has 0 aliphatic carbocycles. The fraction of sp³-hybridized carbons (Fsp3) is 0. The number of hydrogen-bond acceptors (Lipinski definition) is 2. The lowest BCUT2D eigenvalue weighted by atomic mass is 10.3. The highest BCUT2D eigenvalue weighted by Crippen LogP contribution is 2.31. The van der Waals surface area contributed by atoms with Crippen molar-refractivity contribution in [3.05, 3.63) is 27.4 Å². The Bertz CT molecular complexity index is 415. The summed E-state index contributed by atoms with van der Waals surface area (Å²) in [6.45, 7) is 0. The number of halogens is 3. The number of aliphatic carboxylic acids is 1. The van der Waals surface area contributed by atoms with Crippen LogP contribution < -0.4 is 5.32 Å². The van der Waals surface area contributed by atoms with Crippen molar-refractivity contribution in [1.82, 2.24) is 0 Å². The summed E-state index contributed by atoms with van der Waals surface area (Å²) in [5.41, 5.74) is 0.0190. The summed E-state index contributed by atoms with van der Waals surface area (Å²) in [4.78, 5) is 21.1. The van der Waals surface area contributed by atoms with E-state index in [4.69, 9.17) is 16.7 Å². The topological polar surface area (TPSA) is 66.4 Å². The van der Waals surface area contributed by atoms with Crippen molar-refractivity contribution in [3.63, 3.8) is 0 Å². The molecule has 1 amide bonds. The van der Waals surface area contributed by atoms with Gasteiger partial charge in [-0.3, -0.25) is 4.79 Å². The van der Waals surface area contributed by atoms with Crippen LogP contribution in [0.25, 0.3) is 0 Å². The molecule has 0 unspecified atom stereocenters. The van der Waals surface area contributed by atoms with E-state index in [1.165, 1.54) is 0 Å². The number of rotatable bonds is 1. The fourth-order valence-electron chi connectivity index (χ4n) is 0.829. The quantitative estimate of drug-likeness (QED) is 0.781. The molecule has 0 heterocycles. The third-order valence-corrected chi connectivity index (χ3v) is 2.36. The van der Waals surface area contributed by atoms with Crippen molar-refractivity contribution in [2.45, 2.75) is 0 Å². The maximum absolute atomic E-state index is 12.8. The number of benzene rings is 1. The number of anilines is 1. The van der Waals surface area contributed by atoms with Crippen LogP contribution >= 0.6 is 27.5 Å². The molecule has 15 heavy (non-hydrogen) atoms. The van der Waals surface area contributed by atoms with Gasteiger partial charge in [0.15, 0.2) is 0 Å². The normalized spacial score (nSPS) is 9.80. The molecular formula is C8H4BrClFNO3. The molecule has 0 saturated carbocycles. The molecule has 1 aromatic carbocycles. The Hall–Kier alpha value is -1.14. The minimum atomic E-state index is -1.65. The zero-order valence-electron chi connectivity index (χ0n) is 7.05. The minimum Gasteiger partial charge on any atom is -0.474 e. The molecule has 0 bridgehead atoms. The summed E-state index contributed by atoms with van der Waals surface area (Å²) in [6, 6.07) is 2.02. The van der Waals surface area contributed by atoms with Gasteiger partial charge in [0.25, 0.3) is 0 Å². The van der Waals surface area contributed by atoms with Gasteiger partial charge < -0.3 is 10.4 Å². The Morgan fingerprint density at radius 3 is 2.53 bits per heavy atom. The Labute approximate surface area is 97.2 Å². The smallest absolute Gasteiger partial charge is 0.394 e. The summed E-state index contributed by atoms with van der Waals surface area (Å²) in [5, 5.41) is 10.3. The van der Waals surface area contributed by atoms with Gasteiger partial charge in [0, 0.05) is 4.47 Å². The standard InChI is InChI=1S/C8H4BrClFNO3/c9-4-1-3(11)2-5(10)6(4)12-7(13)8(14)15/h1-2H,(H,12,13)(H,14,15). The van der Waals surface area contributed by atoms with Crippen molar-refractivity contribution in [1.29, 1.82) is 0 Å². The molecule has 0 aliphatic heterocycles. The van der Waals surface area contributed by atoms with Crippen LogP contribution in [0.1, 0.15) is 0 Å². The van der Waals surface area contributed by atoms with Crippen molar-refractivity contribution in [2.75, 3.05) is 5.32 Å². The number of carbonyl (C=O) groups excluding carboxylic acids is 1. The first kappa shape index (κ1) is 11.9. The summed E-state index contributed by atoms with van der Waals surface area (Å²) in [6.07, 6.45) is 0. The lowest BCUT2D eigenvalue weighted by Gasteiger charge is -2.07. The van der Waals surface area contributed by atoms with E-state index in [1.807, 2.05) is 5.32 Å². The van der Waals surface area contributed by atoms with E-state index in [2.05, 4.69) is 15.9 Å². The molecule has 0 fully saturated rings. The number of carboxylic acid groups (broad SMARTS) is 1. The predicted molar refractivity (Wildman–Crippen MR) is 55.4 cm³/mol. The first-order valence-corrected chi connectivity index (χ1v) is 4.77. The average Bonchev–Trinajstić information content (AvgIpc) is 2.10. The van der Waals surface area contributed by atoms with Crippen LogP contribution in [0.15, 0.2) is 16.6 Å². The Morgan fingerprint density at radius 2 is 2.07 bits per heavy atom. The van der Waals surface area contributed by atoms with Crippen LogP contribution in [0.5, 0.6) is 0 Å². The van der Waals surface area contributed by atoms with E-state index in [0.29, 0.717) is 0 Å². The Morgan fingerprint density at radius 1 is 1.47 bits per heavy atom. The van der Waals surface area contributed by atoms with E-state index in [0.717, 1.165) is 12.1 Å². The third-order valence-electron chi connectivity index (χ3n) is 1.44. The first-order valence-electron chi connectivity index (χ1n) is 3.60. The second-order valence-corrected chi connectivity index (χ2v) is 3.77. The summed E-state index contributed by atoms with van der Waals surface area (Å²) in [7, 11) is 0. The van der Waals surface area contributed by atoms with E-state index < -0.39 is 17.7 Å². The highest BCUT2D eigenvalue weighted by molar-refractivity contribution is 9.10. The minimum absolute atomic E-state index is 0.0190. The number of nitrogens with one attached hydrogen (secondary N) is 1.